The number of hydrogen-bond donors (Lipinski definition) is 1. The molecule has 8 heteroatoms. The van der Waals surface area contributed by atoms with Crippen LogP contribution in [0.15, 0.2) is 67.0 Å². The number of carbonyl (C=O) groups is 2. The number of pyridine rings is 1. The molecule has 1 N–H and O–H groups in total. The first kappa shape index (κ1) is 18.3. The number of nitro benzene ring substituents is 1. The Morgan fingerprint density at radius 3 is 2.69 bits per heavy atom. The zero-order valence-corrected chi connectivity index (χ0v) is 15.2. The molecule has 4 rings (SSSR count). The number of fused-ring (bicyclic) bond motifs is 1. The normalized spacial score (nSPS) is 12.3. The van der Waals surface area contributed by atoms with Crippen molar-refractivity contribution in [3.8, 4) is 0 Å². The first-order valence-corrected chi connectivity index (χ1v) is 8.94. The second-order valence-corrected chi connectivity index (χ2v) is 6.52. The van der Waals surface area contributed by atoms with Gasteiger partial charge in [0.2, 0.25) is 0 Å². The number of nitrogens with one attached hydrogen (secondary N) is 1. The van der Waals surface area contributed by atoms with E-state index in [1.165, 1.54) is 24.4 Å². The summed E-state index contributed by atoms with van der Waals surface area (Å²) in [4.78, 5) is 41.6. The van der Waals surface area contributed by atoms with Crippen molar-refractivity contribution >= 4 is 28.9 Å². The van der Waals surface area contributed by atoms with Gasteiger partial charge < -0.3 is 10.2 Å². The van der Waals surface area contributed by atoms with Crippen LogP contribution in [-0.4, -0.2) is 28.3 Å². The largest absolute Gasteiger partial charge is 0.322 e. The molecular formula is C21H16N4O4. The van der Waals surface area contributed by atoms with Gasteiger partial charge in [-0.15, -0.1) is 0 Å². The van der Waals surface area contributed by atoms with Crippen molar-refractivity contribution in [2.24, 2.45) is 0 Å². The standard InChI is InChI=1S/C21H16N4O4/c26-20(17-5-1-2-6-18(17)25(28)29)23-16-8-7-14-9-11-24(19(14)12-16)21(27)15-4-3-10-22-13-15/h1-8,10,12-13H,9,11H2,(H,23,26). The zero-order valence-electron chi connectivity index (χ0n) is 15.2. The van der Waals surface area contributed by atoms with E-state index < -0.39 is 10.8 Å². The van der Waals surface area contributed by atoms with Gasteiger partial charge in [0.15, 0.2) is 0 Å². The van der Waals surface area contributed by atoms with Crippen LogP contribution in [0.5, 0.6) is 0 Å². The third kappa shape index (κ3) is 3.55. The molecule has 2 amide bonds. The van der Waals surface area contributed by atoms with Crippen LogP contribution in [-0.2, 0) is 6.42 Å². The highest BCUT2D eigenvalue weighted by Crippen LogP contribution is 2.32. The number of hydrogen-bond acceptors (Lipinski definition) is 5. The summed E-state index contributed by atoms with van der Waals surface area (Å²) in [6, 6.07) is 14.4. The minimum atomic E-state index is -0.591. The Morgan fingerprint density at radius 2 is 1.93 bits per heavy atom. The summed E-state index contributed by atoms with van der Waals surface area (Å²) in [7, 11) is 0. The van der Waals surface area contributed by atoms with Gasteiger partial charge in [-0.2, -0.15) is 0 Å². The Balaban J connectivity index is 1.60. The number of para-hydroxylation sites is 1. The van der Waals surface area contributed by atoms with E-state index in [-0.39, 0.29) is 17.2 Å². The summed E-state index contributed by atoms with van der Waals surface area (Å²) < 4.78 is 0. The molecule has 2 heterocycles. The van der Waals surface area contributed by atoms with Crippen LogP contribution in [0, 0.1) is 10.1 Å². The lowest BCUT2D eigenvalue weighted by Gasteiger charge is -2.18. The smallest absolute Gasteiger partial charge is 0.282 e. The molecule has 0 saturated heterocycles. The van der Waals surface area contributed by atoms with E-state index in [9.17, 15) is 19.7 Å². The van der Waals surface area contributed by atoms with Gasteiger partial charge in [-0.05, 0) is 42.3 Å². The van der Waals surface area contributed by atoms with Gasteiger partial charge in [0, 0.05) is 36.4 Å². The molecule has 0 fully saturated rings. The summed E-state index contributed by atoms with van der Waals surface area (Å²) in [5.41, 5.74) is 2.35. The van der Waals surface area contributed by atoms with Crippen LogP contribution >= 0.6 is 0 Å². The molecule has 0 saturated carbocycles. The van der Waals surface area contributed by atoms with Gasteiger partial charge >= 0.3 is 0 Å². The van der Waals surface area contributed by atoms with Gasteiger partial charge in [-0.3, -0.25) is 24.7 Å². The van der Waals surface area contributed by atoms with Gasteiger partial charge in [-0.25, -0.2) is 0 Å². The Morgan fingerprint density at radius 1 is 1.10 bits per heavy atom. The van der Waals surface area contributed by atoms with Crippen molar-refractivity contribution in [1.82, 2.24) is 4.98 Å². The van der Waals surface area contributed by atoms with Gasteiger partial charge in [0.05, 0.1) is 10.5 Å². The van der Waals surface area contributed by atoms with E-state index in [2.05, 4.69) is 10.3 Å². The van der Waals surface area contributed by atoms with Crippen molar-refractivity contribution in [2.45, 2.75) is 6.42 Å². The van der Waals surface area contributed by atoms with E-state index >= 15 is 0 Å². The Labute approximate surface area is 166 Å². The number of nitro groups is 1. The lowest BCUT2D eigenvalue weighted by atomic mass is 10.1. The quantitative estimate of drug-likeness (QED) is 0.544. The second-order valence-electron chi connectivity index (χ2n) is 6.52. The number of rotatable bonds is 4. The Kier molecular flexibility index (Phi) is 4.74. The van der Waals surface area contributed by atoms with Crippen LogP contribution in [0.4, 0.5) is 17.1 Å². The second kappa shape index (κ2) is 7.51. The zero-order chi connectivity index (χ0) is 20.4. The summed E-state index contributed by atoms with van der Waals surface area (Å²) >= 11 is 0. The van der Waals surface area contributed by atoms with Gasteiger partial charge in [0.25, 0.3) is 17.5 Å². The monoisotopic (exact) mass is 388 g/mol. The van der Waals surface area contributed by atoms with Crippen LogP contribution in [0.1, 0.15) is 26.3 Å². The average molecular weight is 388 g/mol. The van der Waals surface area contributed by atoms with Crippen molar-refractivity contribution in [3.63, 3.8) is 0 Å². The third-order valence-corrected chi connectivity index (χ3v) is 4.74. The van der Waals surface area contributed by atoms with E-state index in [1.54, 1.807) is 41.4 Å². The molecule has 3 aromatic rings. The molecule has 0 aliphatic carbocycles. The molecule has 0 radical (unpaired) electrons. The Hall–Kier alpha value is -4.07. The van der Waals surface area contributed by atoms with Crippen molar-refractivity contribution in [1.29, 1.82) is 0 Å². The predicted molar refractivity (Wildman–Crippen MR) is 107 cm³/mol. The van der Waals surface area contributed by atoms with Crippen molar-refractivity contribution in [3.05, 3.63) is 93.8 Å². The summed E-state index contributed by atoms with van der Waals surface area (Å²) in [5, 5.41) is 13.8. The fourth-order valence-corrected chi connectivity index (χ4v) is 3.34. The average Bonchev–Trinajstić information content (AvgIpc) is 3.17. The van der Waals surface area contributed by atoms with Crippen LogP contribution < -0.4 is 10.2 Å². The van der Waals surface area contributed by atoms with E-state index in [1.807, 2.05) is 6.07 Å². The number of nitrogens with zero attached hydrogens (tertiary/aromatic N) is 3. The summed E-state index contributed by atoms with van der Waals surface area (Å²) in [6.45, 7) is 0.532. The van der Waals surface area contributed by atoms with Crippen molar-refractivity contribution in [2.75, 3.05) is 16.8 Å². The first-order valence-electron chi connectivity index (χ1n) is 8.94. The molecule has 0 unspecified atom stereocenters. The molecule has 1 aliphatic heterocycles. The molecule has 1 aliphatic rings. The number of benzene rings is 2. The fourth-order valence-electron chi connectivity index (χ4n) is 3.34. The number of anilines is 2. The highest BCUT2D eigenvalue weighted by atomic mass is 16.6. The van der Waals surface area contributed by atoms with Crippen LogP contribution in [0.25, 0.3) is 0 Å². The van der Waals surface area contributed by atoms with E-state index in [0.717, 1.165) is 5.56 Å². The lowest BCUT2D eigenvalue weighted by molar-refractivity contribution is -0.385. The molecule has 144 valence electrons. The van der Waals surface area contributed by atoms with Gasteiger partial charge in [-0.1, -0.05) is 18.2 Å². The highest BCUT2D eigenvalue weighted by molar-refractivity contribution is 6.09. The first-order chi connectivity index (χ1) is 14.0. The van der Waals surface area contributed by atoms with Crippen LogP contribution in [0.2, 0.25) is 0 Å². The molecular weight excluding hydrogens is 372 g/mol. The van der Waals surface area contributed by atoms with Crippen molar-refractivity contribution < 1.29 is 14.5 Å². The molecule has 0 spiro atoms. The molecule has 0 bridgehead atoms. The maximum Gasteiger partial charge on any atom is 0.282 e. The van der Waals surface area contributed by atoms with Crippen LogP contribution in [0.3, 0.4) is 0 Å². The summed E-state index contributed by atoms with van der Waals surface area (Å²) in [5.74, 6) is -0.751. The maximum absolute atomic E-state index is 12.8. The maximum atomic E-state index is 12.8. The number of carbonyl (C=O) groups excluding carboxylic acids is 2. The fraction of sp³-hybridized carbons (Fsp3) is 0.0952. The van der Waals surface area contributed by atoms with E-state index in [0.29, 0.717) is 29.9 Å². The minimum absolute atomic E-state index is 0.0266. The molecule has 29 heavy (non-hydrogen) atoms. The lowest BCUT2D eigenvalue weighted by Crippen LogP contribution is -2.29. The number of amides is 2. The highest BCUT2D eigenvalue weighted by Gasteiger charge is 2.26. The predicted octanol–water partition coefficient (Wildman–Crippen LogP) is 3.45. The van der Waals surface area contributed by atoms with Gasteiger partial charge in [0.1, 0.15) is 5.56 Å². The summed E-state index contributed by atoms with van der Waals surface area (Å²) in [6.07, 6.45) is 3.82. The Bertz CT molecular complexity index is 1110. The topological polar surface area (TPSA) is 105 Å². The SMILES string of the molecule is O=C(Nc1ccc2c(c1)N(C(=O)c1cccnc1)CC2)c1ccccc1[N+](=O)[O-]. The van der Waals surface area contributed by atoms with E-state index in [4.69, 9.17) is 0 Å². The molecule has 8 nitrogen and oxygen atoms in total. The molecule has 0 atom stereocenters. The minimum Gasteiger partial charge on any atom is -0.322 e. The third-order valence-electron chi connectivity index (χ3n) is 4.74. The number of aromatic nitrogens is 1. The molecule has 2 aromatic carbocycles. The molecule has 1 aromatic heterocycles.